The van der Waals surface area contributed by atoms with Crippen LogP contribution in [0.3, 0.4) is 0 Å². The van der Waals surface area contributed by atoms with Crippen molar-refractivity contribution < 1.29 is 9.53 Å². The topological polar surface area (TPSA) is 127 Å². The average molecular weight is 285 g/mol. The summed E-state index contributed by atoms with van der Waals surface area (Å²) in [5, 5.41) is 6.01. The van der Waals surface area contributed by atoms with Gasteiger partial charge >= 0.3 is 0 Å². The number of hydrogen-bond donors (Lipinski definition) is 3. The molecule has 1 aromatic carbocycles. The fourth-order valence-corrected chi connectivity index (χ4v) is 2.03. The number of nitrogens with two attached hydrogens (primary N) is 1. The van der Waals surface area contributed by atoms with Crippen LogP contribution in [0.15, 0.2) is 29.2 Å². The number of hydrogen-bond acceptors (Lipinski definition) is 5. The molecule has 0 saturated carbocycles. The molecule has 0 bridgehead atoms. The smallest absolute Gasteiger partial charge is 0.292 e. The van der Waals surface area contributed by atoms with Crippen molar-refractivity contribution in [3.05, 3.63) is 40.3 Å². The summed E-state index contributed by atoms with van der Waals surface area (Å²) in [7, 11) is 1.47. The molecule has 0 aliphatic carbocycles. The van der Waals surface area contributed by atoms with E-state index < -0.39 is 5.91 Å². The second kappa shape index (κ2) is 4.75. The van der Waals surface area contributed by atoms with Gasteiger partial charge in [0.1, 0.15) is 11.6 Å². The van der Waals surface area contributed by atoms with Crippen molar-refractivity contribution >= 4 is 16.9 Å². The number of benzene rings is 1. The van der Waals surface area contributed by atoms with Gasteiger partial charge in [-0.25, -0.2) is 10.1 Å². The number of aromatic amines is 2. The molecule has 1 amide bonds. The van der Waals surface area contributed by atoms with E-state index in [0.29, 0.717) is 28.2 Å². The monoisotopic (exact) mass is 285 g/mol. The van der Waals surface area contributed by atoms with Gasteiger partial charge in [0.2, 0.25) is 5.91 Å². The van der Waals surface area contributed by atoms with Crippen molar-refractivity contribution in [1.29, 1.82) is 0 Å². The molecular weight excluding hydrogens is 274 g/mol. The van der Waals surface area contributed by atoms with Crippen molar-refractivity contribution in [2.75, 3.05) is 7.11 Å². The van der Waals surface area contributed by atoms with Crippen LogP contribution in [0.5, 0.6) is 5.75 Å². The molecule has 2 aromatic heterocycles. The summed E-state index contributed by atoms with van der Waals surface area (Å²) in [6, 6.07) is 4.74. The summed E-state index contributed by atoms with van der Waals surface area (Å²) in [6.07, 6.45) is 1.47. The van der Waals surface area contributed by atoms with E-state index in [2.05, 4.69) is 20.2 Å². The number of imidazole rings is 1. The number of nitrogens with one attached hydrogen (secondary N) is 2. The third-order valence-corrected chi connectivity index (χ3v) is 3.05. The van der Waals surface area contributed by atoms with Crippen LogP contribution < -0.4 is 16.0 Å². The first-order valence-corrected chi connectivity index (χ1v) is 6.02. The molecule has 8 nitrogen and oxygen atoms in total. The number of fused-ring (bicyclic) bond motifs is 1. The van der Waals surface area contributed by atoms with Crippen LogP contribution in [0.1, 0.15) is 10.4 Å². The Labute approximate surface area is 118 Å². The van der Waals surface area contributed by atoms with Crippen molar-refractivity contribution in [3.8, 4) is 17.1 Å². The number of nitrogens with zero attached hydrogens (tertiary/aromatic N) is 2. The Kier molecular flexibility index (Phi) is 2.90. The Morgan fingerprint density at radius 2 is 2.19 bits per heavy atom. The molecular formula is C13H11N5O3. The average Bonchev–Trinajstić information content (AvgIpc) is 2.91. The van der Waals surface area contributed by atoms with E-state index in [-0.39, 0.29) is 11.1 Å². The molecule has 0 atom stereocenters. The fourth-order valence-electron chi connectivity index (χ4n) is 2.03. The zero-order chi connectivity index (χ0) is 15.0. The number of primary amides is 1. The highest BCUT2D eigenvalue weighted by atomic mass is 16.5. The minimum Gasteiger partial charge on any atom is -0.496 e. The van der Waals surface area contributed by atoms with Gasteiger partial charge < -0.3 is 15.5 Å². The van der Waals surface area contributed by atoms with Crippen LogP contribution in [0.2, 0.25) is 0 Å². The maximum atomic E-state index is 11.6. The van der Waals surface area contributed by atoms with E-state index in [0.717, 1.165) is 0 Å². The standard InChI is InChI=1S/C13H11N5O3/c1-21-9-4-6(11(14)19)2-3-7(9)12-16-8-5-15-18-13(20)10(8)17-12/h2-5H,1H3,(H2,14,19)(H,16,17)(H,18,20). The number of rotatable bonds is 3. The Hall–Kier alpha value is -3.16. The molecule has 3 rings (SSSR count). The summed E-state index contributed by atoms with van der Waals surface area (Å²) >= 11 is 0. The Balaban J connectivity index is 2.20. The van der Waals surface area contributed by atoms with Gasteiger partial charge in [0.25, 0.3) is 5.56 Å². The first-order chi connectivity index (χ1) is 10.1. The van der Waals surface area contributed by atoms with Gasteiger partial charge in [-0.15, -0.1) is 0 Å². The predicted octanol–water partition coefficient (Wildman–Crippen LogP) is 0.421. The number of methoxy groups -OCH3 is 1. The Bertz CT molecular complexity index is 896. The van der Waals surface area contributed by atoms with E-state index in [1.165, 1.54) is 19.4 Å². The maximum absolute atomic E-state index is 11.6. The third-order valence-electron chi connectivity index (χ3n) is 3.05. The zero-order valence-electron chi connectivity index (χ0n) is 11.0. The van der Waals surface area contributed by atoms with Crippen LogP contribution in [-0.2, 0) is 0 Å². The van der Waals surface area contributed by atoms with Gasteiger partial charge in [-0.3, -0.25) is 9.59 Å². The third kappa shape index (κ3) is 2.12. The highest BCUT2D eigenvalue weighted by molar-refractivity contribution is 5.94. The lowest BCUT2D eigenvalue weighted by Crippen LogP contribution is -2.11. The number of ether oxygens (including phenoxy) is 1. The minimum absolute atomic E-state index is 0.251. The molecule has 21 heavy (non-hydrogen) atoms. The highest BCUT2D eigenvalue weighted by Gasteiger charge is 2.14. The normalized spacial score (nSPS) is 10.7. The SMILES string of the molecule is COc1cc(C(N)=O)ccc1-c1nc2c(=O)[nH]ncc2[nH]1. The second-order valence-corrected chi connectivity index (χ2v) is 4.33. The first kappa shape index (κ1) is 12.9. The molecule has 106 valence electrons. The van der Waals surface area contributed by atoms with Gasteiger partial charge in [0.05, 0.1) is 24.4 Å². The molecule has 0 aliphatic heterocycles. The molecule has 0 fully saturated rings. The number of amides is 1. The quantitative estimate of drug-likeness (QED) is 0.642. The van der Waals surface area contributed by atoms with Gasteiger partial charge in [-0.2, -0.15) is 5.10 Å². The molecule has 4 N–H and O–H groups in total. The summed E-state index contributed by atoms with van der Waals surface area (Å²) in [6.45, 7) is 0. The molecule has 8 heteroatoms. The maximum Gasteiger partial charge on any atom is 0.292 e. The Morgan fingerprint density at radius 1 is 1.38 bits per heavy atom. The van der Waals surface area contributed by atoms with Gasteiger partial charge in [0.15, 0.2) is 5.52 Å². The van der Waals surface area contributed by atoms with Crippen LogP contribution in [0.25, 0.3) is 22.4 Å². The molecule has 0 spiro atoms. The van der Waals surface area contributed by atoms with E-state index in [9.17, 15) is 9.59 Å². The van der Waals surface area contributed by atoms with Gasteiger partial charge in [-0.1, -0.05) is 0 Å². The summed E-state index contributed by atoms with van der Waals surface area (Å²) in [5.74, 6) is 0.316. The van der Waals surface area contributed by atoms with Crippen LogP contribution >= 0.6 is 0 Å². The van der Waals surface area contributed by atoms with E-state index in [1.54, 1.807) is 12.1 Å². The molecule has 0 radical (unpaired) electrons. The molecule has 0 unspecified atom stereocenters. The van der Waals surface area contributed by atoms with Crippen LogP contribution in [-0.4, -0.2) is 33.2 Å². The largest absolute Gasteiger partial charge is 0.496 e. The number of H-pyrrole nitrogens is 2. The predicted molar refractivity (Wildman–Crippen MR) is 75.0 cm³/mol. The van der Waals surface area contributed by atoms with Crippen molar-refractivity contribution in [2.45, 2.75) is 0 Å². The molecule has 2 heterocycles. The zero-order valence-corrected chi connectivity index (χ0v) is 11.0. The first-order valence-electron chi connectivity index (χ1n) is 6.02. The number of carbonyl (C=O) groups excluding carboxylic acids is 1. The van der Waals surface area contributed by atoms with E-state index in [1.807, 2.05) is 0 Å². The summed E-state index contributed by atoms with van der Waals surface area (Å²) in [4.78, 5) is 30.0. The van der Waals surface area contributed by atoms with Crippen molar-refractivity contribution in [3.63, 3.8) is 0 Å². The summed E-state index contributed by atoms with van der Waals surface area (Å²) in [5.41, 5.74) is 6.54. The Morgan fingerprint density at radius 3 is 2.86 bits per heavy atom. The van der Waals surface area contributed by atoms with Crippen molar-refractivity contribution in [2.24, 2.45) is 5.73 Å². The second-order valence-electron chi connectivity index (χ2n) is 4.33. The lowest BCUT2D eigenvalue weighted by molar-refractivity contribution is 0.1000. The van der Waals surface area contributed by atoms with Crippen LogP contribution in [0, 0.1) is 0 Å². The van der Waals surface area contributed by atoms with E-state index in [4.69, 9.17) is 10.5 Å². The fraction of sp³-hybridized carbons (Fsp3) is 0.0769. The van der Waals surface area contributed by atoms with Gasteiger partial charge in [0, 0.05) is 5.56 Å². The number of carbonyl (C=O) groups is 1. The molecule has 0 saturated heterocycles. The molecule has 3 aromatic rings. The lowest BCUT2D eigenvalue weighted by Gasteiger charge is -2.07. The highest BCUT2D eigenvalue weighted by Crippen LogP contribution is 2.29. The van der Waals surface area contributed by atoms with E-state index >= 15 is 0 Å². The molecule has 0 aliphatic rings. The minimum atomic E-state index is -0.551. The number of aromatic nitrogens is 4. The van der Waals surface area contributed by atoms with Crippen LogP contribution in [0.4, 0.5) is 0 Å². The summed E-state index contributed by atoms with van der Waals surface area (Å²) < 4.78 is 5.25. The lowest BCUT2D eigenvalue weighted by atomic mass is 10.1. The van der Waals surface area contributed by atoms with Crippen molar-refractivity contribution in [1.82, 2.24) is 20.2 Å². The van der Waals surface area contributed by atoms with Gasteiger partial charge in [-0.05, 0) is 18.2 Å².